The lowest BCUT2D eigenvalue weighted by atomic mass is 10.1. The molecule has 0 saturated heterocycles. The minimum absolute atomic E-state index is 0.0445. The van der Waals surface area contributed by atoms with Crippen LogP contribution in [0.15, 0.2) is 67.0 Å². The van der Waals surface area contributed by atoms with Crippen LogP contribution < -0.4 is 15.4 Å². The molecule has 0 radical (unpaired) electrons. The predicted molar refractivity (Wildman–Crippen MR) is 111 cm³/mol. The number of aromatic nitrogens is 2. The number of anilines is 2. The molecule has 0 saturated carbocycles. The van der Waals surface area contributed by atoms with Crippen LogP contribution in [0.3, 0.4) is 0 Å². The van der Waals surface area contributed by atoms with Crippen molar-refractivity contribution in [3.63, 3.8) is 0 Å². The Morgan fingerprint density at radius 3 is 2.42 bits per heavy atom. The summed E-state index contributed by atoms with van der Waals surface area (Å²) in [5.74, 6) is 1.10. The molecule has 0 aliphatic rings. The molecule has 9 heteroatoms. The molecule has 3 N–H and O–H groups in total. The van der Waals surface area contributed by atoms with E-state index in [0.29, 0.717) is 17.2 Å². The highest BCUT2D eigenvalue weighted by Crippen LogP contribution is 2.33. The van der Waals surface area contributed by atoms with E-state index < -0.39 is 17.8 Å². The third kappa shape index (κ3) is 4.77. The van der Waals surface area contributed by atoms with Crippen molar-refractivity contribution in [1.29, 1.82) is 0 Å². The van der Waals surface area contributed by atoms with Gasteiger partial charge in [-0.3, -0.25) is 0 Å². The Bertz CT molecular complexity index is 1230. The lowest BCUT2D eigenvalue weighted by molar-refractivity contribution is -0.138. The summed E-state index contributed by atoms with van der Waals surface area (Å²) in [6, 6.07) is 13.2. The number of aromatic amines is 1. The second-order valence-electron chi connectivity index (χ2n) is 6.82. The lowest BCUT2D eigenvalue weighted by Gasteiger charge is -2.13. The first-order valence-corrected chi connectivity index (χ1v) is 9.25. The maximum Gasteiger partial charge on any atom is 0.416 e. The van der Waals surface area contributed by atoms with E-state index in [4.69, 9.17) is 4.74 Å². The molecule has 6 nitrogen and oxygen atoms in total. The number of fused-ring (bicyclic) bond motifs is 1. The van der Waals surface area contributed by atoms with Gasteiger partial charge in [-0.1, -0.05) is 6.07 Å². The Hall–Kier alpha value is -4.01. The fourth-order valence-electron chi connectivity index (χ4n) is 3.02. The van der Waals surface area contributed by atoms with E-state index in [0.717, 1.165) is 17.1 Å². The fourth-order valence-corrected chi connectivity index (χ4v) is 3.02. The molecule has 4 rings (SSSR count). The van der Waals surface area contributed by atoms with Crippen LogP contribution in [0.2, 0.25) is 0 Å². The fraction of sp³-hybridized carbons (Fsp3) is 0.0909. The van der Waals surface area contributed by atoms with Crippen LogP contribution in [0.1, 0.15) is 11.1 Å². The van der Waals surface area contributed by atoms with Gasteiger partial charge in [0.05, 0.1) is 11.8 Å². The van der Waals surface area contributed by atoms with Crippen LogP contribution in [0.5, 0.6) is 11.5 Å². The highest BCUT2D eigenvalue weighted by atomic mass is 19.4. The second-order valence-corrected chi connectivity index (χ2v) is 6.82. The molecule has 2 aromatic heterocycles. The summed E-state index contributed by atoms with van der Waals surface area (Å²) < 4.78 is 44.8. The van der Waals surface area contributed by atoms with E-state index in [2.05, 4.69) is 20.6 Å². The molecule has 158 valence electrons. The molecule has 31 heavy (non-hydrogen) atoms. The van der Waals surface area contributed by atoms with Gasteiger partial charge in [-0.25, -0.2) is 9.78 Å². The maximum atomic E-state index is 13.0. The van der Waals surface area contributed by atoms with Crippen molar-refractivity contribution in [1.82, 2.24) is 9.97 Å². The zero-order valence-electron chi connectivity index (χ0n) is 16.2. The largest absolute Gasteiger partial charge is 0.456 e. The molecular formula is C22H17F3N4O2. The number of benzene rings is 2. The summed E-state index contributed by atoms with van der Waals surface area (Å²) in [5.41, 5.74) is 0.545. The van der Waals surface area contributed by atoms with Crippen molar-refractivity contribution < 1.29 is 22.7 Å². The number of nitrogens with one attached hydrogen (secondary N) is 3. The molecule has 2 amide bonds. The van der Waals surface area contributed by atoms with Gasteiger partial charge in [0.2, 0.25) is 0 Å². The average Bonchev–Trinajstić information content (AvgIpc) is 3.18. The zero-order valence-corrected chi connectivity index (χ0v) is 16.2. The monoisotopic (exact) mass is 426 g/mol. The van der Waals surface area contributed by atoms with Crippen molar-refractivity contribution in [3.8, 4) is 11.5 Å². The molecule has 0 atom stereocenters. The van der Waals surface area contributed by atoms with E-state index in [1.807, 2.05) is 12.1 Å². The number of pyridine rings is 1. The number of H-pyrrole nitrogens is 1. The second kappa shape index (κ2) is 8.02. The van der Waals surface area contributed by atoms with Gasteiger partial charge in [0.25, 0.3) is 0 Å². The number of rotatable bonds is 4. The van der Waals surface area contributed by atoms with Gasteiger partial charge in [-0.2, -0.15) is 13.2 Å². The van der Waals surface area contributed by atoms with Crippen molar-refractivity contribution in [2.24, 2.45) is 0 Å². The van der Waals surface area contributed by atoms with E-state index in [1.165, 1.54) is 19.1 Å². The number of halogens is 3. The molecule has 2 aromatic carbocycles. The van der Waals surface area contributed by atoms with Crippen LogP contribution in [0.25, 0.3) is 11.0 Å². The summed E-state index contributed by atoms with van der Waals surface area (Å²) in [5, 5.41) is 5.89. The number of amides is 2. The minimum atomic E-state index is -4.49. The van der Waals surface area contributed by atoms with Crippen LogP contribution in [0, 0.1) is 6.92 Å². The van der Waals surface area contributed by atoms with Crippen molar-refractivity contribution in [3.05, 3.63) is 78.1 Å². The molecule has 2 heterocycles. The molecule has 0 spiro atoms. The third-order valence-electron chi connectivity index (χ3n) is 4.52. The molecule has 0 unspecified atom stereocenters. The van der Waals surface area contributed by atoms with Crippen molar-refractivity contribution in [2.75, 3.05) is 10.6 Å². The smallest absolute Gasteiger partial charge is 0.416 e. The number of hydrogen-bond donors (Lipinski definition) is 3. The Labute approximate surface area is 175 Å². The van der Waals surface area contributed by atoms with E-state index >= 15 is 0 Å². The first-order valence-electron chi connectivity index (χ1n) is 9.25. The number of alkyl halides is 3. The summed E-state index contributed by atoms with van der Waals surface area (Å²) in [4.78, 5) is 19.4. The van der Waals surface area contributed by atoms with Crippen LogP contribution >= 0.6 is 0 Å². The molecule has 0 aliphatic carbocycles. The molecular weight excluding hydrogens is 409 g/mol. The minimum Gasteiger partial charge on any atom is -0.456 e. The van der Waals surface area contributed by atoms with Crippen LogP contribution in [-0.2, 0) is 6.18 Å². The average molecular weight is 426 g/mol. The molecule has 0 aliphatic heterocycles. The van der Waals surface area contributed by atoms with Gasteiger partial charge in [0, 0.05) is 23.0 Å². The Morgan fingerprint density at radius 2 is 1.68 bits per heavy atom. The third-order valence-corrected chi connectivity index (χ3v) is 4.52. The quantitative estimate of drug-likeness (QED) is 0.357. The normalized spacial score (nSPS) is 11.4. The number of hydrogen-bond acceptors (Lipinski definition) is 3. The highest BCUT2D eigenvalue weighted by Gasteiger charge is 2.32. The van der Waals surface area contributed by atoms with Gasteiger partial charge < -0.3 is 20.4 Å². The number of ether oxygens (including phenoxy) is 1. The van der Waals surface area contributed by atoms with Gasteiger partial charge in [0.15, 0.2) is 0 Å². The zero-order chi connectivity index (χ0) is 22.0. The SMILES string of the molecule is Cc1ccc(NC(=O)Nc2ccc(Oc3cnc4[nH]ccc4c3)cc2)cc1C(F)(F)F. The predicted octanol–water partition coefficient (Wildman–Crippen LogP) is 6.33. The number of carbonyl (C=O) groups is 1. The number of urea groups is 1. The summed E-state index contributed by atoms with van der Waals surface area (Å²) in [6.07, 6.45) is -1.11. The number of carbonyl (C=O) groups excluding carboxylic acids is 1. The van der Waals surface area contributed by atoms with Gasteiger partial charge in [-0.15, -0.1) is 0 Å². The number of nitrogens with zero attached hydrogens (tertiary/aromatic N) is 1. The summed E-state index contributed by atoms with van der Waals surface area (Å²) in [6.45, 7) is 1.36. The first kappa shape index (κ1) is 20.3. The van der Waals surface area contributed by atoms with Crippen molar-refractivity contribution >= 4 is 28.4 Å². The van der Waals surface area contributed by atoms with Crippen LogP contribution in [-0.4, -0.2) is 16.0 Å². The molecule has 0 fully saturated rings. The first-order chi connectivity index (χ1) is 14.8. The van der Waals surface area contributed by atoms with E-state index in [-0.39, 0.29) is 11.3 Å². The Morgan fingerprint density at radius 1 is 0.968 bits per heavy atom. The Balaban J connectivity index is 1.39. The standard InChI is InChI=1S/C22H17F3N4O2/c1-13-2-3-16(11-19(13)22(23,24)25)29-21(30)28-15-4-6-17(7-5-15)31-18-10-14-8-9-26-20(14)27-12-18/h2-12H,1H3,(H,26,27)(H2,28,29,30). The van der Waals surface area contributed by atoms with Gasteiger partial charge >= 0.3 is 12.2 Å². The lowest BCUT2D eigenvalue weighted by Crippen LogP contribution is -2.20. The van der Waals surface area contributed by atoms with Crippen molar-refractivity contribution in [2.45, 2.75) is 13.1 Å². The summed E-state index contributed by atoms with van der Waals surface area (Å²) in [7, 11) is 0. The molecule has 4 aromatic rings. The van der Waals surface area contributed by atoms with Crippen LogP contribution in [0.4, 0.5) is 29.3 Å². The Kier molecular flexibility index (Phi) is 5.24. The topological polar surface area (TPSA) is 79.0 Å². The highest BCUT2D eigenvalue weighted by molar-refractivity contribution is 5.99. The molecule has 0 bridgehead atoms. The maximum absolute atomic E-state index is 13.0. The van der Waals surface area contributed by atoms with E-state index in [1.54, 1.807) is 36.7 Å². The number of aryl methyl sites for hydroxylation is 1. The van der Waals surface area contributed by atoms with Gasteiger partial charge in [0.1, 0.15) is 17.1 Å². The van der Waals surface area contributed by atoms with Gasteiger partial charge in [-0.05, 0) is 61.0 Å². The summed E-state index contributed by atoms with van der Waals surface area (Å²) >= 11 is 0. The van der Waals surface area contributed by atoms with E-state index in [9.17, 15) is 18.0 Å².